The van der Waals surface area contributed by atoms with E-state index in [-0.39, 0.29) is 36.2 Å². The van der Waals surface area contributed by atoms with Crippen LogP contribution in [0.5, 0.6) is 5.75 Å². The van der Waals surface area contributed by atoms with Crippen LogP contribution in [0, 0.1) is 5.82 Å². The molecule has 0 aliphatic carbocycles. The zero-order valence-electron chi connectivity index (χ0n) is 29.2. The number of benzene rings is 4. The first kappa shape index (κ1) is 36.1. The molecule has 0 fully saturated rings. The van der Waals surface area contributed by atoms with Gasteiger partial charge in [0.2, 0.25) is 0 Å². The highest BCUT2D eigenvalue weighted by atomic mass is 19.1. The molecule has 3 atom stereocenters. The van der Waals surface area contributed by atoms with Crippen LogP contribution in [0.2, 0.25) is 0 Å². The average Bonchev–Trinajstić information content (AvgIpc) is 3.49. The summed E-state index contributed by atoms with van der Waals surface area (Å²) in [4.78, 5) is 26.3. The van der Waals surface area contributed by atoms with E-state index >= 15 is 0 Å². The number of nitrogens with one attached hydrogen (secondary N) is 1. The number of carbonyl (C=O) groups excluding carboxylic acids is 1. The summed E-state index contributed by atoms with van der Waals surface area (Å²) in [5.41, 5.74) is 6.14. The fraction of sp³-hybridized carbons (Fsp3) is 0.286. The van der Waals surface area contributed by atoms with Crippen LogP contribution in [0.4, 0.5) is 10.1 Å². The highest BCUT2D eigenvalue weighted by Gasteiger charge is 2.33. The summed E-state index contributed by atoms with van der Waals surface area (Å²) in [7, 11) is 0. The Hall–Kier alpha value is -5.21. The van der Waals surface area contributed by atoms with Crippen molar-refractivity contribution in [3.63, 3.8) is 0 Å². The first-order valence-corrected chi connectivity index (χ1v) is 17.2. The second-order valence-corrected chi connectivity index (χ2v) is 12.7. The second kappa shape index (κ2) is 16.5. The molecule has 5 aromatic rings. The number of carboxylic acids is 1. The fourth-order valence-corrected chi connectivity index (χ4v) is 6.62. The average molecular weight is 677 g/mol. The van der Waals surface area contributed by atoms with Gasteiger partial charge in [-0.05, 0) is 91.4 Å². The van der Waals surface area contributed by atoms with Gasteiger partial charge in [-0.1, -0.05) is 81.4 Å². The molecule has 3 unspecified atom stereocenters. The zero-order chi connectivity index (χ0) is 35.8. The van der Waals surface area contributed by atoms with Gasteiger partial charge in [0.1, 0.15) is 18.2 Å². The highest BCUT2D eigenvalue weighted by Crippen LogP contribution is 2.44. The molecule has 0 saturated heterocycles. The van der Waals surface area contributed by atoms with Gasteiger partial charge in [0.05, 0.1) is 17.3 Å². The van der Waals surface area contributed by atoms with Crippen LogP contribution >= 0.6 is 0 Å². The van der Waals surface area contributed by atoms with Crippen LogP contribution < -0.4 is 10.1 Å². The Bertz CT molecular complexity index is 1870. The molecule has 0 aliphatic rings. The second-order valence-electron chi connectivity index (χ2n) is 12.7. The van der Waals surface area contributed by atoms with E-state index in [0.717, 1.165) is 33.6 Å². The number of hydrogen-bond acceptors (Lipinski definition) is 4. The maximum absolute atomic E-state index is 14.4. The van der Waals surface area contributed by atoms with Crippen molar-refractivity contribution in [3.8, 4) is 28.1 Å². The molecule has 0 aliphatic heterocycles. The molecule has 8 heteroatoms. The van der Waals surface area contributed by atoms with E-state index in [2.05, 4.69) is 23.7 Å². The molecule has 4 aromatic carbocycles. The van der Waals surface area contributed by atoms with Crippen LogP contribution in [0.1, 0.15) is 80.5 Å². The van der Waals surface area contributed by atoms with Gasteiger partial charge in [-0.2, -0.15) is 0 Å². The Labute approximate surface area is 293 Å². The van der Waals surface area contributed by atoms with Crippen molar-refractivity contribution in [1.82, 2.24) is 4.57 Å². The molecule has 1 aromatic heterocycles. The normalized spacial score (nSPS) is 13.1. The van der Waals surface area contributed by atoms with E-state index in [9.17, 15) is 19.1 Å². The van der Waals surface area contributed by atoms with Crippen molar-refractivity contribution >= 4 is 17.6 Å². The van der Waals surface area contributed by atoms with E-state index < -0.39 is 12.1 Å². The van der Waals surface area contributed by atoms with E-state index in [1.165, 1.54) is 12.1 Å². The van der Waals surface area contributed by atoms with Crippen LogP contribution in [0.3, 0.4) is 0 Å². The van der Waals surface area contributed by atoms with E-state index in [1.807, 2.05) is 98.8 Å². The van der Waals surface area contributed by atoms with Crippen molar-refractivity contribution < 1.29 is 28.6 Å². The molecular weight excluding hydrogens is 631 g/mol. The Morgan fingerprint density at radius 3 is 2.00 bits per heavy atom. The number of halogens is 1. The third-order valence-electron chi connectivity index (χ3n) is 8.86. The number of anilines is 1. The predicted molar refractivity (Wildman–Crippen MR) is 196 cm³/mol. The molecule has 2 N–H and O–H groups in total. The molecule has 0 bridgehead atoms. The fourth-order valence-electron chi connectivity index (χ4n) is 6.62. The Kier molecular flexibility index (Phi) is 11.9. The standard InChI is InChI=1S/C42H45FN2O5/c1-6-35(40(42(47)48)49-7-2)29-20-24-34(25-21-29)50-26-28(5)45-38(27(3)4)37(41(46)44-33-16-12-9-13-17-33)36(30-14-10-8-11-15-30)39(45)31-18-22-32(43)23-19-31/h8-25,27-28,35,40H,6-7,26H2,1-5H3,(H,44,46)(H,47,48). The number of amides is 1. The van der Waals surface area contributed by atoms with Gasteiger partial charge in [0.25, 0.3) is 5.91 Å². The van der Waals surface area contributed by atoms with E-state index in [4.69, 9.17) is 9.47 Å². The molecular formula is C42H45FN2O5. The number of nitrogens with zero attached hydrogens (tertiary/aromatic N) is 1. The number of aromatic nitrogens is 1. The van der Waals surface area contributed by atoms with Gasteiger partial charge in [0, 0.05) is 29.5 Å². The van der Waals surface area contributed by atoms with Gasteiger partial charge in [-0.15, -0.1) is 0 Å². The van der Waals surface area contributed by atoms with Crippen LogP contribution in [0.25, 0.3) is 22.4 Å². The first-order chi connectivity index (χ1) is 24.1. The highest BCUT2D eigenvalue weighted by molar-refractivity contribution is 6.12. The molecule has 1 amide bonds. The molecule has 0 saturated carbocycles. The number of ether oxygens (including phenoxy) is 2. The van der Waals surface area contributed by atoms with Crippen LogP contribution in [-0.4, -0.2) is 40.9 Å². The predicted octanol–water partition coefficient (Wildman–Crippen LogP) is 9.96. The zero-order valence-corrected chi connectivity index (χ0v) is 29.2. The lowest BCUT2D eigenvalue weighted by Gasteiger charge is -2.24. The number of para-hydroxylation sites is 1. The van der Waals surface area contributed by atoms with Gasteiger partial charge in [-0.25, -0.2) is 9.18 Å². The van der Waals surface area contributed by atoms with Crippen molar-refractivity contribution in [2.24, 2.45) is 0 Å². The maximum Gasteiger partial charge on any atom is 0.333 e. The van der Waals surface area contributed by atoms with Gasteiger partial charge >= 0.3 is 5.97 Å². The minimum absolute atomic E-state index is 0.0663. The molecule has 260 valence electrons. The summed E-state index contributed by atoms with van der Waals surface area (Å²) in [6.07, 6.45) is -0.326. The summed E-state index contributed by atoms with van der Waals surface area (Å²) < 4.78 is 28.4. The molecule has 7 nitrogen and oxygen atoms in total. The SMILES string of the molecule is CCOC(C(=O)O)C(CC)c1ccc(OCC(C)n2c(-c3ccc(F)cc3)c(-c3ccccc3)c(C(=O)Nc3ccccc3)c2C(C)C)cc1. The summed E-state index contributed by atoms with van der Waals surface area (Å²) in [5.74, 6) is -1.30. The Balaban J connectivity index is 1.58. The van der Waals surface area contributed by atoms with Crippen molar-refractivity contribution in [1.29, 1.82) is 0 Å². The summed E-state index contributed by atoms with van der Waals surface area (Å²) in [5, 5.41) is 12.9. The number of carboxylic acid groups (broad SMARTS) is 1. The van der Waals surface area contributed by atoms with Gasteiger partial charge < -0.3 is 24.5 Å². The molecule has 5 rings (SSSR count). The molecule has 1 heterocycles. The van der Waals surface area contributed by atoms with E-state index in [1.54, 1.807) is 19.1 Å². The number of rotatable bonds is 15. The lowest BCUT2D eigenvalue weighted by molar-refractivity contribution is -0.151. The smallest absolute Gasteiger partial charge is 0.333 e. The molecule has 0 spiro atoms. The minimum Gasteiger partial charge on any atom is -0.491 e. The molecule has 0 radical (unpaired) electrons. The third kappa shape index (κ3) is 7.98. The van der Waals surface area contributed by atoms with E-state index in [0.29, 0.717) is 30.0 Å². The largest absolute Gasteiger partial charge is 0.491 e. The number of hydrogen-bond donors (Lipinski definition) is 2. The quantitative estimate of drug-likeness (QED) is 0.115. The van der Waals surface area contributed by atoms with Crippen LogP contribution in [0.15, 0.2) is 109 Å². The Morgan fingerprint density at radius 2 is 1.44 bits per heavy atom. The molecule has 50 heavy (non-hydrogen) atoms. The third-order valence-corrected chi connectivity index (χ3v) is 8.86. The van der Waals surface area contributed by atoms with Crippen LogP contribution in [-0.2, 0) is 9.53 Å². The monoisotopic (exact) mass is 676 g/mol. The number of aliphatic carboxylic acids is 1. The topological polar surface area (TPSA) is 89.8 Å². The summed E-state index contributed by atoms with van der Waals surface area (Å²) >= 11 is 0. The first-order valence-electron chi connectivity index (χ1n) is 17.2. The van der Waals surface area contributed by atoms with Crippen molar-refractivity contribution in [3.05, 3.63) is 132 Å². The van der Waals surface area contributed by atoms with Crippen molar-refractivity contribution in [2.75, 3.05) is 18.5 Å². The minimum atomic E-state index is -0.982. The van der Waals surface area contributed by atoms with Gasteiger partial charge in [0.15, 0.2) is 6.10 Å². The summed E-state index contributed by atoms with van der Waals surface area (Å²) in [6, 6.07) is 32.8. The van der Waals surface area contributed by atoms with Crippen molar-refractivity contribution in [2.45, 2.75) is 65.0 Å². The van der Waals surface area contributed by atoms with Gasteiger partial charge in [-0.3, -0.25) is 4.79 Å². The lowest BCUT2D eigenvalue weighted by atomic mass is 9.91. The number of carbonyl (C=O) groups is 2. The Morgan fingerprint density at radius 1 is 0.820 bits per heavy atom. The lowest BCUT2D eigenvalue weighted by Crippen LogP contribution is -2.30. The summed E-state index contributed by atoms with van der Waals surface area (Å²) in [6.45, 7) is 10.5. The maximum atomic E-state index is 14.4.